The van der Waals surface area contributed by atoms with Crippen molar-refractivity contribution >= 4 is 22.5 Å². The van der Waals surface area contributed by atoms with Gasteiger partial charge in [-0.15, -0.1) is 0 Å². The molecule has 1 aromatic carbocycles. The number of aromatic hydroxyl groups is 1. The first kappa shape index (κ1) is 19.0. The zero-order valence-electron chi connectivity index (χ0n) is 16.9. The highest BCUT2D eigenvalue weighted by atomic mass is 16.5. The van der Waals surface area contributed by atoms with Crippen LogP contribution in [0.2, 0.25) is 0 Å². The molecule has 1 N–H and O–H groups in total. The van der Waals surface area contributed by atoms with Crippen molar-refractivity contribution in [2.75, 3.05) is 32.8 Å². The van der Waals surface area contributed by atoms with E-state index in [1.54, 1.807) is 6.92 Å². The van der Waals surface area contributed by atoms with Crippen LogP contribution in [-0.2, 0) is 16.0 Å². The minimum atomic E-state index is 0.0706. The molecule has 6 nitrogen and oxygen atoms in total. The van der Waals surface area contributed by atoms with E-state index in [1.807, 2.05) is 9.47 Å². The number of fused-ring (bicyclic) bond motifs is 1. The number of amides is 1. The molecule has 0 radical (unpaired) electrons. The SMILES string of the molecule is CC(=O)N1CCC(n2c(O)c(C3=NCCOC3)c3cc(CC(C)C)ccc32)C1. The van der Waals surface area contributed by atoms with Gasteiger partial charge in [-0.05, 0) is 36.5 Å². The van der Waals surface area contributed by atoms with Crippen LogP contribution in [0, 0.1) is 5.92 Å². The van der Waals surface area contributed by atoms with Gasteiger partial charge in [0.1, 0.15) is 0 Å². The number of carbonyl (C=O) groups excluding carboxylic acids is 1. The summed E-state index contributed by atoms with van der Waals surface area (Å²) in [6.07, 6.45) is 1.83. The monoisotopic (exact) mass is 383 g/mol. The number of hydrogen-bond donors (Lipinski definition) is 1. The molecule has 2 aliphatic heterocycles. The van der Waals surface area contributed by atoms with Crippen LogP contribution in [0.5, 0.6) is 5.88 Å². The van der Waals surface area contributed by atoms with Crippen LogP contribution in [0.3, 0.4) is 0 Å². The standard InChI is InChI=1S/C22H29N3O3/c1-14(2)10-16-4-5-20-18(11-16)21(19-13-28-9-7-23-19)22(27)25(20)17-6-8-24(12-17)15(3)26/h4-5,11,14,17,27H,6-10,12-13H2,1-3H3. The molecule has 1 aromatic heterocycles. The highest BCUT2D eigenvalue weighted by molar-refractivity contribution is 6.14. The first-order valence-electron chi connectivity index (χ1n) is 10.2. The molecule has 0 spiro atoms. The van der Waals surface area contributed by atoms with Crippen LogP contribution in [0.1, 0.15) is 44.4 Å². The molecule has 6 heteroatoms. The Morgan fingerprint density at radius 3 is 2.86 bits per heavy atom. The molecule has 0 saturated carbocycles. The third-order valence-electron chi connectivity index (χ3n) is 5.73. The lowest BCUT2D eigenvalue weighted by Crippen LogP contribution is -2.26. The fourth-order valence-corrected chi connectivity index (χ4v) is 4.45. The van der Waals surface area contributed by atoms with E-state index in [2.05, 4.69) is 37.0 Å². The lowest BCUT2D eigenvalue weighted by Gasteiger charge is -2.17. The van der Waals surface area contributed by atoms with E-state index in [1.165, 1.54) is 5.56 Å². The van der Waals surface area contributed by atoms with Gasteiger partial charge in [0.25, 0.3) is 0 Å². The highest BCUT2D eigenvalue weighted by Gasteiger charge is 2.31. The summed E-state index contributed by atoms with van der Waals surface area (Å²) >= 11 is 0. The molecule has 0 bridgehead atoms. The van der Waals surface area contributed by atoms with Crippen molar-refractivity contribution in [1.82, 2.24) is 9.47 Å². The Hall–Kier alpha value is -2.34. The molecule has 2 aliphatic rings. The quantitative estimate of drug-likeness (QED) is 0.882. The summed E-state index contributed by atoms with van der Waals surface area (Å²) < 4.78 is 7.62. The van der Waals surface area contributed by atoms with E-state index >= 15 is 0 Å². The van der Waals surface area contributed by atoms with Gasteiger partial charge < -0.3 is 19.3 Å². The second-order valence-electron chi connectivity index (χ2n) is 8.31. The molecule has 1 atom stereocenters. The number of carbonyl (C=O) groups is 1. The summed E-state index contributed by atoms with van der Waals surface area (Å²) in [7, 11) is 0. The minimum Gasteiger partial charge on any atom is -0.494 e. The number of nitrogens with zero attached hydrogens (tertiary/aromatic N) is 3. The lowest BCUT2D eigenvalue weighted by molar-refractivity contribution is -0.127. The molecule has 3 heterocycles. The van der Waals surface area contributed by atoms with Crippen LogP contribution < -0.4 is 0 Å². The average molecular weight is 383 g/mol. The van der Waals surface area contributed by atoms with E-state index in [9.17, 15) is 9.90 Å². The number of likely N-dealkylation sites (tertiary alicyclic amines) is 1. The van der Waals surface area contributed by atoms with Gasteiger partial charge in [0.15, 0.2) is 0 Å². The lowest BCUT2D eigenvalue weighted by atomic mass is 9.99. The maximum absolute atomic E-state index is 11.8. The predicted molar refractivity (Wildman–Crippen MR) is 110 cm³/mol. The maximum Gasteiger partial charge on any atom is 0.219 e. The summed E-state index contributed by atoms with van der Waals surface area (Å²) in [6, 6.07) is 6.52. The Kier molecular flexibility index (Phi) is 5.15. The van der Waals surface area contributed by atoms with Crippen molar-refractivity contribution in [2.24, 2.45) is 10.9 Å². The zero-order valence-corrected chi connectivity index (χ0v) is 16.9. The summed E-state index contributed by atoms with van der Waals surface area (Å²) in [5.74, 6) is 0.894. The first-order valence-corrected chi connectivity index (χ1v) is 10.2. The molecule has 1 amide bonds. The molecule has 0 aliphatic carbocycles. The Balaban J connectivity index is 1.84. The van der Waals surface area contributed by atoms with E-state index in [0.717, 1.165) is 41.6 Å². The average Bonchev–Trinajstić information content (AvgIpc) is 3.24. The Bertz CT molecular complexity index is 929. The van der Waals surface area contributed by atoms with Gasteiger partial charge in [-0.3, -0.25) is 9.79 Å². The van der Waals surface area contributed by atoms with Crippen LogP contribution in [0.25, 0.3) is 10.9 Å². The summed E-state index contributed by atoms with van der Waals surface area (Å²) in [6.45, 7) is 9.04. The van der Waals surface area contributed by atoms with Gasteiger partial charge in [0.2, 0.25) is 11.8 Å². The number of aromatic nitrogens is 1. The molecule has 1 saturated heterocycles. The molecular formula is C22H29N3O3. The molecular weight excluding hydrogens is 354 g/mol. The Morgan fingerprint density at radius 1 is 1.39 bits per heavy atom. The molecule has 2 aromatic rings. The van der Waals surface area contributed by atoms with Gasteiger partial charge in [0.05, 0.1) is 42.6 Å². The topological polar surface area (TPSA) is 67.1 Å². The smallest absolute Gasteiger partial charge is 0.219 e. The van der Waals surface area contributed by atoms with Gasteiger partial charge in [-0.2, -0.15) is 0 Å². The number of rotatable bonds is 4. The van der Waals surface area contributed by atoms with Crippen molar-refractivity contribution in [1.29, 1.82) is 0 Å². The summed E-state index contributed by atoms with van der Waals surface area (Å²) in [4.78, 5) is 18.3. The Labute approximate surface area is 165 Å². The molecule has 28 heavy (non-hydrogen) atoms. The van der Waals surface area contributed by atoms with E-state index in [0.29, 0.717) is 32.2 Å². The van der Waals surface area contributed by atoms with E-state index in [4.69, 9.17) is 4.74 Å². The van der Waals surface area contributed by atoms with Crippen LogP contribution in [0.4, 0.5) is 0 Å². The predicted octanol–water partition coefficient (Wildman–Crippen LogP) is 3.16. The van der Waals surface area contributed by atoms with Gasteiger partial charge >= 0.3 is 0 Å². The van der Waals surface area contributed by atoms with E-state index < -0.39 is 0 Å². The van der Waals surface area contributed by atoms with E-state index in [-0.39, 0.29) is 17.8 Å². The molecule has 4 rings (SSSR count). The number of benzene rings is 1. The number of aliphatic imine (C=N–C) groups is 1. The second kappa shape index (κ2) is 7.59. The second-order valence-corrected chi connectivity index (χ2v) is 8.31. The van der Waals surface area contributed by atoms with Crippen LogP contribution in [-0.4, -0.2) is 59.0 Å². The number of hydrogen-bond acceptors (Lipinski definition) is 4. The largest absolute Gasteiger partial charge is 0.494 e. The maximum atomic E-state index is 11.8. The van der Waals surface area contributed by atoms with Crippen LogP contribution >= 0.6 is 0 Å². The van der Waals surface area contributed by atoms with Gasteiger partial charge in [-0.25, -0.2) is 0 Å². The molecule has 150 valence electrons. The third-order valence-corrected chi connectivity index (χ3v) is 5.73. The molecule has 1 unspecified atom stereocenters. The molecule has 1 fully saturated rings. The van der Waals surface area contributed by atoms with Gasteiger partial charge in [0, 0.05) is 25.4 Å². The van der Waals surface area contributed by atoms with Crippen molar-refractivity contribution in [3.8, 4) is 5.88 Å². The van der Waals surface area contributed by atoms with Crippen molar-refractivity contribution in [3.63, 3.8) is 0 Å². The van der Waals surface area contributed by atoms with Gasteiger partial charge in [-0.1, -0.05) is 19.9 Å². The van der Waals surface area contributed by atoms with Crippen molar-refractivity contribution < 1.29 is 14.6 Å². The van der Waals surface area contributed by atoms with Crippen LogP contribution in [0.15, 0.2) is 23.2 Å². The number of ether oxygens (including phenoxy) is 1. The highest BCUT2D eigenvalue weighted by Crippen LogP contribution is 2.38. The fourth-order valence-electron chi connectivity index (χ4n) is 4.45. The summed E-state index contributed by atoms with van der Waals surface area (Å²) in [5, 5.41) is 12.3. The fraction of sp³-hybridized carbons (Fsp3) is 0.545. The Morgan fingerprint density at radius 2 is 2.21 bits per heavy atom. The zero-order chi connectivity index (χ0) is 19.8. The third kappa shape index (κ3) is 3.41. The van der Waals surface area contributed by atoms with Crippen molar-refractivity contribution in [2.45, 2.75) is 39.7 Å². The normalized spacial score (nSPS) is 20.2. The summed E-state index contributed by atoms with van der Waals surface area (Å²) in [5.41, 5.74) is 3.87. The first-order chi connectivity index (χ1) is 13.5. The van der Waals surface area contributed by atoms with Crippen molar-refractivity contribution in [3.05, 3.63) is 29.3 Å². The minimum absolute atomic E-state index is 0.0706.